The molecule has 0 radical (unpaired) electrons. The van der Waals surface area contributed by atoms with Crippen LogP contribution in [0.2, 0.25) is 0 Å². The summed E-state index contributed by atoms with van der Waals surface area (Å²) in [4.78, 5) is 0. The topological polar surface area (TPSA) is 26.0 Å². The number of hydrogen-bond acceptors (Lipinski definition) is 1. The van der Waals surface area contributed by atoms with Crippen molar-refractivity contribution in [3.8, 4) is 0 Å². The van der Waals surface area contributed by atoms with Gasteiger partial charge >= 0.3 is 0 Å². The molecule has 0 amide bonds. The Labute approximate surface area is 80.3 Å². The Hall–Kier alpha value is -1.08. The SMILES string of the molecule is C=CC[C@](C)(N)Cc1ccccc1. The molecule has 1 atom stereocenters. The van der Waals surface area contributed by atoms with E-state index in [1.54, 1.807) is 0 Å². The van der Waals surface area contributed by atoms with Gasteiger partial charge in [-0.25, -0.2) is 0 Å². The highest BCUT2D eigenvalue weighted by atomic mass is 14.7. The summed E-state index contributed by atoms with van der Waals surface area (Å²) >= 11 is 0. The summed E-state index contributed by atoms with van der Waals surface area (Å²) in [6, 6.07) is 10.3. The Morgan fingerprint density at radius 1 is 1.38 bits per heavy atom. The third-order valence-corrected chi connectivity index (χ3v) is 2.06. The molecule has 0 spiro atoms. The highest BCUT2D eigenvalue weighted by Gasteiger charge is 2.16. The van der Waals surface area contributed by atoms with E-state index in [0.717, 1.165) is 12.8 Å². The first kappa shape index (κ1) is 10.0. The molecule has 2 N–H and O–H groups in total. The van der Waals surface area contributed by atoms with Crippen LogP contribution in [0.4, 0.5) is 0 Å². The summed E-state index contributed by atoms with van der Waals surface area (Å²) in [5, 5.41) is 0. The van der Waals surface area contributed by atoms with Crippen LogP contribution < -0.4 is 5.73 Å². The zero-order valence-corrected chi connectivity index (χ0v) is 8.16. The van der Waals surface area contributed by atoms with E-state index in [-0.39, 0.29) is 5.54 Å². The van der Waals surface area contributed by atoms with Crippen LogP contribution in [0, 0.1) is 0 Å². The van der Waals surface area contributed by atoms with Crippen LogP contribution in [0.1, 0.15) is 18.9 Å². The first-order valence-corrected chi connectivity index (χ1v) is 4.58. The van der Waals surface area contributed by atoms with Gasteiger partial charge in [-0.2, -0.15) is 0 Å². The Morgan fingerprint density at radius 2 is 2.00 bits per heavy atom. The molecular formula is C12H17N. The van der Waals surface area contributed by atoms with Crippen LogP contribution in [0.5, 0.6) is 0 Å². The molecule has 0 aliphatic rings. The van der Waals surface area contributed by atoms with Crippen molar-refractivity contribution in [3.63, 3.8) is 0 Å². The summed E-state index contributed by atoms with van der Waals surface area (Å²) in [6.45, 7) is 5.76. The van der Waals surface area contributed by atoms with Gasteiger partial charge in [0.2, 0.25) is 0 Å². The average molecular weight is 175 g/mol. The van der Waals surface area contributed by atoms with Gasteiger partial charge in [0.1, 0.15) is 0 Å². The number of hydrogen-bond donors (Lipinski definition) is 1. The molecule has 70 valence electrons. The van der Waals surface area contributed by atoms with Crippen LogP contribution in [0.15, 0.2) is 43.0 Å². The number of benzene rings is 1. The van der Waals surface area contributed by atoms with E-state index in [9.17, 15) is 0 Å². The molecule has 1 aromatic carbocycles. The molecular weight excluding hydrogens is 158 g/mol. The second kappa shape index (κ2) is 4.24. The van der Waals surface area contributed by atoms with Crippen molar-refractivity contribution in [1.82, 2.24) is 0 Å². The highest BCUT2D eigenvalue weighted by Crippen LogP contribution is 2.14. The molecule has 0 fully saturated rings. The Kier molecular flexibility index (Phi) is 3.26. The second-order valence-electron chi connectivity index (χ2n) is 3.81. The van der Waals surface area contributed by atoms with Gasteiger partial charge in [-0.1, -0.05) is 36.4 Å². The van der Waals surface area contributed by atoms with Crippen molar-refractivity contribution in [2.45, 2.75) is 25.3 Å². The molecule has 1 heteroatoms. The van der Waals surface area contributed by atoms with Crippen molar-refractivity contribution in [2.75, 3.05) is 0 Å². The largest absolute Gasteiger partial charge is 0.325 e. The minimum atomic E-state index is -0.164. The standard InChI is InChI=1S/C12H17N/c1-3-9-12(2,13)10-11-7-5-4-6-8-11/h3-8H,1,9-10,13H2,2H3/t12-/m0/s1. The summed E-state index contributed by atoms with van der Waals surface area (Å²) in [6.07, 6.45) is 3.63. The number of rotatable bonds is 4. The fourth-order valence-corrected chi connectivity index (χ4v) is 1.46. The third-order valence-electron chi connectivity index (χ3n) is 2.06. The molecule has 0 saturated carbocycles. The maximum absolute atomic E-state index is 6.09. The second-order valence-corrected chi connectivity index (χ2v) is 3.81. The zero-order chi connectivity index (χ0) is 9.73. The predicted molar refractivity (Wildman–Crippen MR) is 57.6 cm³/mol. The van der Waals surface area contributed by atoms with Crippen LogP contribution in [0.25, 0.3) is 0 Å². The van der Waals surface area contributed by atoms with E-state index in [4.69, 9.17) is 5.73 Å². The van der Waals surface area contributed by atoms with E-state index in [0.29, 0.717) is 0 Å². The third kappa shape index (κ3) is 3.43. The predicted octanol–water partition coefficient (Wildman–Crippen LogP) is 2.52. The lowest BCUT2D eigenvalue weighted by atomic mass is 9.91. The van der Waals surface area contributed by atoms with Gasteiger partial charge in [0.25, 0.3) is 0 Å². The van der Waals surface area contributed by atoms with Crippen LogP contribution in [-0.2, 0) is 6.42 Å². The minimum Gasteiger partial charge on any atom is -0.325 e. The Morgan fingerprint density at radius 3 is 2.54 bits per heavy atom. The van der Waals surface area contributed by atoms with Crippen LogP contribution in [0.3, 0.4) is 0 Å². The minimum absolute atomic E-state index is 0.164. The van der Waals surface area contributed by atoms with Crippen molar-refractivity contribution in [2.24, 2.45) is 5.73 Å². The first-order valence-electron chi connectivity index (χ1n) is 4.58. The molecule has 0 aliphatic carbocycles. The van der Waals surface area contributed by atoms with Crippen LogP contribution >= 0.6 is 0 Å². The zero-order valence-electron chi connectivity index (χ0n) is 8.16. The van der Waals surface area contributed by atoms with Gasteiger partial charge < -0.3 is 5.73 Å². The van der Waals surface area contributed by atoms with Crippen molar-refractivity contribution in [3.05, 3.63) is 48.6 Å². The van der Waals surface area contributed by atoms with Crippen molar-refractivity contribution < 1.29 is 0 Å². The van der Waals surface area contributed by atoms with E-state index < -0.39 is 0 Å². The fourth-order valence-electron chi connectivity index (χ4n) is 1.46. The van der Waals surface area contributed by atoms with Crippen LogP contribution in [-0.4, -0.2) is 5.54 Å². The Bertz CT molecular complexity index is 262. The molecule has 0 aromatic heterocycles. The molecule has 0 saturated heterocycles. The van der Waals surface area contributed by atoms with Gasteiger partial charge in [0, 0.05) is 5.54 Å². The molecule has 13 heavy (non-hydrogen) atoms. The normalized spacial score (nSPS) is 14.9. The first-order chi connectivity index (χ1) is 6.14. The Balaban J connectivity index is 2.63. The quantitative estimate of drug-likeness (QED) is 0.699. The van der Waals surface area contributed by atoms with E-state index in [1.807, 2.05) is 24.3 Å². The summed E-state index contributed by atoms with van der Waals surface area (Å²) < 4.78 is 0. The van der Waals surface area contributed by atoms with Gasteiger partial charge in [-0.15, -0.1) is 6.58 Å². The van der Waals surface area contributed by atoms with Gasteiger partial charge in [-0.05, 0) is 25.3 Å². The maximum atomic E-state index is 6.09. The van der Waals surface area contributed by atoms with Gasteiger partial charge in [0.15, 0.2) is 0 Å². The molecule has 1 aromatic rings. The van der Waals surface area contributed by atoms with E-state index in [1.165, 1.54) is 5.56 Å². The molecule has 0 bridgehead atoms. The fraction of sp³-hybridized carbons (Fsp3) is 0.333. The summed E-state index contributed by atoms with van der Waals surface area (Å²) in [5.74, 6) is 0. The van der Waals surface area contributed by atoms with Crippen molar-refractivity contribution >= 4 is 0 Å². The van der Waals surface area contributed by atoms with Gasteiger partial charge in [-0.3, -0.25) is 0 Å². The lowest BCUT2D eigenvalue weighted by Crippen LogP contribution is -2.37. The van der Waals surface area contributed by atoms with Crippen molar-refractivity contribution in [1.29, 1.82) is 0 Å². The summed E-state index contributed by atoms with van der Waals surface area (Å²) in [5.41, 5.74) is 7.21. The lowest BCUT2D eigenvalue weighted by Gasteiger charge is -2.22. The average Bonchev–Trinajstić information content (AvgIpc) is 2.04. The lowest BCUT2D eigenvalue weighted by molar-refractivity contribution is 0.472. The molecule has 0 aliphatic heterocycles. The molecule has 1 nitrogen and oxygen atoms in total. The smallest absolute Gasteiger partial charge is 0.0201 e. The molecule has 1 rings (SSSR count). The summed E-state index contributed by atoms with van der Waals surface area (Å²) in [7, 11) is 0. The molecule has 0 heterocycles. The van der Waals surface area contributed by atoms with E-state index in [2.05, 4.69) is 25.6 Å². The van der Waals surface area contributed by atoms with Gasteiger partial charge in [0.05, 0.1) is 0 Å². The van der Waals surface area contributed by atoms with E-state index >= 15 is 0 Å². The highest BCUT2D eigenvalue weighted by molar-refractivity contribution is 5.17. The maximum Gasteiger partial charge on any atom is 0.0201 e. The monoisotopic (exact) mass is 175 g/mol. The number of nitrogens with two attached hydrogens (primary N) is 1. The molecule has 0 unspecified atom stereocenters.